The van der Waals surface area contributed by atoms with Crippen LogP contribution in [0, 0.1) is 11.6 Å². The molecule has 0 fully saturated rings. The largest absolute Gasteiger partial charge is 0.490 e. The molecule has 5 aromatic rings. The molecule has 248 valence electrons. The molecule has 11 heteroatoms. The van der Waals surface area contributed by atoms with Gasteiger partial charge in [-0.05, 0) is 68.1 Å². The van der Waals surface area contributed by atoms with E-state index in [9.17, 15) is 9.18 Å². The van der Waals surface area contributed by atoms with E-state index in [0.717, 1.165) is 52.6 Å². The van der Waals surface area contributed by atoms with Gasteiger partial charge < -0.3 is 19.3 Å². The lowest BCUT2D eigenvalue weighted by Gasteiger charge is -2.36. The monoisotopic (exact) mass is 669 g/mol. The SMILES string of the molecule is C=CC(=O)N1CC(C)n2nc(-c3nc(-c4ccc5c(c4)CCN(C)C5)c4ccsc4c3-c3c(F)cc(F)cc3OCCOC)cc2C1C. The van der Waals surface area contributed by atoms with Crippen LogP contribution >= 0.6 is 11.3 Å². The van der Waals surface area contributed by atoms with Crippen molar-refractivity contribution in [2.75, 3.05) is 40.5 Å². The number of benzene rings is 2. The van der Waals surface area contributed by atoms with Gasteiger partial charge in [-0.2, -0.15) is 5.10 Å². The number of fused-ring (bicyclic) bond motifs is 3. The highest BCUT2D eigenvalue weighted by atomic mass is 32.1. The molecule has 0 aliphatic carbocycles. The van der Waals surface area contributed by atoms with Crippen LogP contribution in [0.25, 0.3) is 43.9 Å². The van der Waals surface area contributed by atoms with Crippen LogP contribution in [0.2, 0.25) is 0 Å². The van der Waals surface area contributed by atoms with Crippen molar-refractivity contribution in [3.8, 4) is 39.5 Å². The third kappa shape index (κ3) is 5.59. The van der Waals surface area contributed by atoms with E-state index in [-0.39, 0.29) is 42.5 Å². The molecule has 0 radical (unpaired) electrons. The smallest absolute Gasteiger partial charge is 0.246 e. The highest BCUT2D eigenvalue weighted by molar-refractivity contribution is 7.18. The molecule has 5 heterocycles. The maximum absolute atomic E-state index is 16.2. The number of pyridine rings is 1. The molecule has 2 atom stereocenters. The van der Waals surface area contributed by atoms with E-state index in [2.05, 4.69) is 36.7 Å². The minimum atomic E-state index is -0.765. The van der Waals surface area contributed by atoms with Gasteiger partial charge in [0.2, 0.25) is 5.91 Å². The summed E-state index contributed by atoms with van der Waals surface area (Å²) in [6.07, 6.45) is 2.26. The van der Waals surface area contributed by atoms with Crippen molar-refractivity contribution in [3.63, 3.8) is 0 Å². The van der Waals surface area contributed by atoms with Gasteiger partial charge in [0.1, 0.15) is 35.4 Å². The Morgan fingerprint density at radius 2 is 1.92 bits per heavy atom. The van der Waals surface area contributed by atoms with Gasteiger partial charge in [-0.15, -0.1) is 11.3 Å². The van der Waals surface area contributed by atoms with Crippen LogP contribution in [-0.2, 0) is 22.5 Å². The van der Waals surface area contributed by atoms with Crippen molar-refractivity contribution >= 4 is 27.3 Å². The van der Waals surface area contributed by atoms with Gasteiger partial charge in [0.25, 0.3) is 0 Å². The lowest BCUT2D eigenvalue weighted by atomic mass is 9.93. The number of ether oxygens (including phenoxy) is 2. The van der Waals surface area contributed by atoms with Gasteiger partial charge in [0.15, 0.2) is 0 Å². The molecule has 2 aliphatic heterocycles. The Hall–Kier alpha value is -4.45. The Labute approximate surface area is 282 Å². The molecule has 2 unspecified atom stereocenters. The number of hydrogen-bond donors (Lipinski definition) is 0. The van der Waals surface area contributed by atoms with Crippen molar-refractivity contribution in [1.29, 1.82) is 0 Å². The van der Waals surface area contributed by atoms with Crippen LogP contribution in [-0.4, -0.2) is 70.9 Å². The molecule has 0 N–H and O–H groups in total. The van der Waals surface area contributed by atoms with Gasteiger partial charge in [0.05, 0.1) is 35.6 Å². The van der Waals surface area contributed by atoms with E-state index in [1.807, 2.05) is 36.0 Å². The Kier molecular flexibility index (Phi) is 8.61. The Morgan fingerprint density at radius 1 is 1.08 bits per heavy atom. The first-order valence-corrected chi connectivity index (χ1v) is 16.9. The number of methoxy groups -OCH3 is 1. The zero-order valence-corrected chi connectivity index (χ0v) is 28.2. The summed E-state index contributed by atoms with van der Waals surface area (Å²) in [7, 11) is 3.66. The third-order valence-electron chi connectivity index (χ3n) is 9.34. The van der Waals surface area contributed by atoms with E-state index in [1.165, 1.54) is 41.7 Å². The van der Waals surface area contributed by atoms with Crippen LogP contribution < -0.4 is 4.74 Å². The summed E-state index contributed by atoms with van der Waals surface area (Å²) in [5, 5.41) is 7.86. The number of aromatic nitrogens is 3. The molecule has 8 nitrogen and oxygen atoms in total. The number of likely N-dealkylation sites (N-methyl/N-ethyl adjacent to an activating group) is 1. The van der Waals surface area contributed by atoms with Gasteiger partial charge in [-0.1, -0.05) is 18.7 Å². The van der Waals surface area contributed by atoms with Crippen LogP contribution in [0.1, 0.15) is 42.8 Å². The van der Waals surface area contributed by atoms with Crippen molar-refractivity contribution in [1.82, 2.24) is 24.6 Å². The minimum absolute atomic E-state index is 0.0569. The third-order valence-corrected chi connectivity index (χ3v) is 10.3. The van der Waals surface area contributed by atoms with Crippen LogP contribution in [0.5, 0.6) is 5.75 Å². The van der Waals surface area contributed by atoms with Crippen LogP contribution in [0.4, 0.5) is 8.78 Å². The van der Waals surface area contributed by atoms with E-state index in [4.69, 9.17) is 19.6 Å². The Balaban J connectivity index is 1.49. The average molecular weight is 670 g/mol. The van der Waals surface area contributed by atoms with E-state index in [1.54, 1.807) is 4.90 Å². The number of halogens is 2. The molecule has 1 amide bonds. The second-order valence-corrected chi connectivity index (χ2v) is 13.5. The van der Waals surface area contributed by atoms with Gasteiger partial charge >= 0.3 is 0 Å². The zero-order chi connectivity index (χ0) is 33.7. The fraction of sp³-hybridized carbons (Fsp3) is 0.324. The summed E-state index contributed by atoms with van der Waals surface area (Å²) in [6.45, 7) is 10.3. The number of hydrogen-bond acceptors (Lipinski definition) is 7. The number of rotatable bonds is 8. The zero-order valence-electron chi connectivity index (χ0n) is 27.4. The summed E-state index contributed by atoms with van der Waals surface area (Å²) in [6, 6.07) is 12.1. The van der Waals surface area contributed by atoms with Crippen molar-refractivity contribution in [2.24, 2.45) is 0 Å². The van der Waals surface area contributed by atoms with Gasteiger partial charge in [-0.3, -0.25) is 9.48 Å². The molecule has 3 aromatic heterocycles. The Bertz CT molecular complexity index is 2060. The standard InChI is InChI=1S/C37H37F2N5O3S/c1-6-32(45)43-19-21(2)44-30(22(43)3)18-29(41-44)36-34(33-28(39)16-26(38)17-31(33)47-13-12-46-5)37-27(10-14-48-37)35(40-36)24-7-8-25-20-42(4)11-9-23(25)15-24/h6-8,10,14-18,21-22H,1,9,11-13,19-20H2,2-5H3. The predicted molar refractivity (Wildman–Crippen MR) is 184 cm³/mol. The van der Waals surface area contributed by atoms with Crippen LogP contribution in [0.3, 0.4) is 0 Å². The summed E-state index contributed by atoms with van der Waals surface area (Å²) in [5.74, 6) is -1.61. The molecular formula is C37H37F2N5O3S. The number of thiophene rings is 1. The number of amides is 1. The van der Waals surface area contributed by atoms with E-state index in [0.29, 0.717) is 23.5 Å². The highest BCUT2D eigenvalue weighted by Gasteiger charge is 2.34. The molecule has 48 heavy (non-hydrogen) atoms. The first-order chi connectivity index (χ1) is 23.2. The molecular weight excluding hydrogens is 633 g/mol. The highest BCUT2D eigenvalue weighted by Crippen LogP contribution is 2.48. The maximum Gasteiger partial charge on any atom is 0.246 e. The predicted octanol–water partition coefficient (Wildman–Crippen LogP) is 7.44. The van der Waals surface area contributed by atoms with Crippen molar-refractivity contribution < 1.29 is 23.0 Å². The fourth-order valence-corrected chi connectivity index (χ4v) is 7.86. The van der Waals surface area contributed by atoms with Gasteiger partial charge in [0, 0.05) is 60.1 Å². The number of nitrogens with zero attached hydrogens (tertiary/aromatic N) is 5. The lowest BCUT2D eigenvalue weighted by Crippen LogP contribution is -2.42. The molecule has 7 rings (SSSR count). The Morgan fingerprint density at radius 3 is 2.71 bits per heavy atom. The average Bonchev–Trinajstić information content (AvgIpc) is 3.75. The first kappa shape index (κ1) is 32.1. The lowest BCUT2D eigenvalue weighted by molar-refractivity contribution is -0.129. The summed E-state index contributed by atoms with van der Waals surface area (Å²) < 4.78 is 44.7. The molecule has 0 saturated heterocycles. The molecule has 2 aromatic carbocycles. The topological polar surface area (TPSA) is 72.7 Å². The molecule has 2 aliphatic rings. The molecule has 0 spiro atoms. The normalized spacial score (nSPS) is 17.8. The number of carbonyl (C=O) groups is 1. The fourth-order valence-electron chi connectivity index (χ4n) is 6.91. The van der Waals surface area contributed by atoms with Crippen LogP contribution in [0.15, 0.2) is 60.5 Å². The van der Waals surface area contributed by atoms with Crippen molar-refractivity contribution in [2.45, 2.75) is 38.9 Å². The second-order valence-electron chi connectivity index (χ2n) is 12.5. The summed E-state index contributed by atoms with van der Waals surface area (Å²) >= 11 is 1.46. The molecule has 0 bridgehead atoms. The minimum Gasteiger partial charge on any atom is -0.490 e. The van der Waals surface area contributed by atoms with E-state index < -0.39 is 11.6 Å². The number of carbonyl (C=O) groups excluding carboxylic acids is 1. The molecule has 0 saturated carbocycles. The van der Waals surface area contributed by atoms with E-state index >= 15 is 4.39 Å². The summed E-state index contributed by atoms with van der Waals surface area (Å²) in [5.41, 5.74) is 6.67. The quantitative estimate of drug-likeness (QED) is 0.126. The second kappa shape index (κ2) is 12.9. The van der Waals surface area contributed by atoms with Gasteiger partial charge in [-0.25, -0.2) is 13.8 Å². The first-order valence-electron chi connectivity index (χ1n) is 16.0. The maximum atomic E-state index is 16.2. The summed E-state index contributed by atoms with van der Waals surface area (Å²) in [4.78, 5) is 22.1. The van der Waals surface area contributed by atoms with Crippen molar-refractivity contribution in [3.05, 3.63) is 89.0 Å².